The quantitative estimate of drug-likeness (QED) is 0.342. The van der Waals surface area contributed by atoms with Gasteiger partial charge in [-0.2, -0.15) is 0 Å². The fourth-order valence-electron chi connectivity index (χ4n) is 2.62. The summed E-state index contributed by atoms with van der Waals surface area (Å²) in [7, 11) is 0. The van der Waals surface area contributed by atoms with Gasteiger partial charge in [-0.3, -0.25) is 9.59 Å². The maximum Gasteiger partial charge on any atom is 0.245 e. The van der Waals surface area contributed by atoms with Crippen LogP contribution in [-0.4, -0.2) is 46.5 Å². The molecule has 0 spiro atoms. The van der Waals surface area contributed by atoms with E-state index >= 15 is 0 Å². The Hall–Kier alpha value is -0.230. The molecule has 2 N–H and O–H groups in total. The zero-order valence-corrected chi connectivity index (χ0v) is 13.7. The SMILES string of the molecule is CCC1(C2=CCCCC2)C(=O)NC(=S)NC1=O.[Na]. The standard InChI is InChI=1S/C12H16N2O2S.Na/c1-2-12(8-6-4-3-5-7-8)9(15)13-11(17)14-10(12)16;/h6H,2-5,7H2,1H3,(H2,13,14,15,16,17);. The molecule has 0 saturated carbocycles. The number of carbonyl (C=O) groups is 2. The molecule has 1 aliphatic carbocycles. The largest absolute Gasteiger partial charge is 0.302 e. The Balaban J connectivity index is 0.00000162. The summed E-state index contributed by atoms with van der Waals surface area (Å²) < 4.78 is 0. The molecule has 1 heterocycles. The molecule has 2 amide bonds. The first-order chi connectivity index (χ1) is 8.11. The smallest absolute Gasteiger partial charge is 0.245 e. The molecule has 0 aromatic carbocycles. The Labute approximate surface area is 134 Å². The molecule has 0 aromatic heterocycles. The van der Waals surface area contributed by atoms with Crippen molar-refractivity contribution in [2.75, 3.05) is 0 Å². The zero-order chi connectivity index (χ0) is 12.5. The van der Waals surface area contributed by atoms with Gasteiger partial charge in [0.05, 0.1) is 0 Å². The van der Waals surface area contributed by atoms with E-state index in [-0.39, 0.29) is 46.5 Å². The average Bonchev–Trinajstić information content (AvgIpc) is 2.30. The molecule has 2 rings (SSSR count). The van der Waals surface area contributed by atoms with E-state index in [1.165, 1.54) is 0 Å². The van der Waals surface area contributed by atoms with Crippen LogP contribution in [0.15, 0.2) is 11.6 Å². The summed E-state index contributed by atoms with van der Waals surface area (Å²) in [5, 5.41) is 5.25. The fourth-order valence-corrected chi connectivity index (χ4v) is 2.80. The third-order valence-corrected chi connectivity index (χ3v) is 3.80. The van der Waals surface area contributed by atoms with Crippen molar-refractivity contribution in [3.8, 4) is 0 Å². The molecule has 0 aromatic rings. The predicted molar refractivity (Wildman–Crippen MR) is 73.9 cm³/mol. The molecular weight excluding hydrogens is 259 g/mol. The van der Waals surface area contributed by atoms with Crippen molar-refractivity contribution in [2.45, 2.75) is 39.0 Å². The Morgan fingerprint density at radius 3 is 2.33 bits per heavy atom. The number of rotatable bonds is 2. The number of nitrogens with one attached hydrogen (secondary N) is 2. The van der Waals surface area contributed by atoms with E-state index < -0.39 is 5.41 Å². The molecule has 1 aliphatic heterocycles. The summed E-state index contributed by atoms with van der Waals surface area (Å²) in [4.78, 5) is 24.3. The molecule has 18 heavy (non-hydrogen) atoms. The minimum atomic E-state index is -1.04. The van der Waals surface area contributed by atoms with Gasteiger partial charge in [0.1, 0.15) is 5.41 Å². The maximum absolute atomic E-state index is 12.2. The summed E-state index contributed by atoms with van der Waals surface area (Å²) in [5.41, 5.74) is -0.0910. The van der Waals surface area contributed by atoms with Gasteiger partial charge in [-0.15, -0.1) is 0 Å². The average molecular weight is 275 g/mol. The second-order valence-corrected chi connectivity index (χ2v) is 4.88. The second-order valence-electron chi connectivity index (χ2n) is 4.47. The van der Waals surface area contributed by atoms with E-state index in [1.54, 1.807) is 0 Å². The molecule has 0 unspecified atom stereocenters. The third kappa shape index (κ3) is 2.54. The molecule has 0 atom stereocenters. The van der Waals surface area contributed by atoms with Gasteiger partial charge in [0.25, 0.3) is 0 Å². The van der Waals surface area contributed by atoms with Crippen molar-refractivity contribution in [3.63, 3.8) is 0 Å². The first-order valence-corrected chi connectivity index (χ1v) is 6.38. The van der Waals surface area contributed by atoms with Crippen LogP contribution in [0.3, 0.4) is 0 Å². The van der Waals surface area contributed by atoms with E-state index in [1.807, 2.05) is 13.0 Å². The second kappa shape index (κ2) is 6.28. The van der Waals surface area contributed by atoms with Gasteiger partial charge >= 0.3 is 0 Å². The van der Waals surface area contributed by atoms with Gasteiger partial charge < -0.3 is 10.6 Å². The van der Waals surface area contributed by atoms with Crippen LogP contribution in [0, 0.1) is 5.41 Å². The summed E-state index contributed by atoms with van der Waals surface area (Å²) in [6.45, 7) is 1.86. The van der Waals surface area contributed by atoms with Crippen LogP contribution < -0.4 is 10.6 Å². The molecule has 1 saturated heterocycles. The molecule has 4 nitrogen and oxygen atoms in total. The van der Waals surface area contributed by atoms with Gasteiger partial charge in [0, 0.05) is 29.6 Å². The van der Waals surface area contributed by atoms with E-state index in [4.69, 9.17) is 12.2 Å². The van der Waals surface area contributed by atoms with Crippen LogP contribution in [0.25, 0.3) is 0 Å². The van der Waals surface area contributed by atoms with Crippen LogP contribution in [0.5, 0.6) is 0 Å². The van der Waals surface area contributed by atoms with Crippen LogP contribution >= 0.6 is 12.2 Å². The topological polar surface area (TPSA) is 58.2 Å². The maximum atomic E-state index is 12.2. The van der Waals surface area contributed by atoms with Crippen LogP contribution in [0.2, 0.25) is 0 Å². The first-order valence-electron chi connectivity index (χ1n) is 5.97. The number of allylic oxidation sites excluding steroid dienone is 1. The minimum absolute atomic E-state index is 0. The molecular formula is C12H16N2NaO2S. The number of carbonyl (C=O) groups excluding carboxylic acids is 2. The van der Waals surface area contributed by atoms with Crippen molar-refractivity contribution in [1.82, 2.24) is 10.6 Å². The summed E-state index contributed by atoms with van der Waals surface area (Å²) in [6.07, 6.45) is 6.45. The van der Waals surface area contributed by atoms with Crippen molar-refractivity contribution in [3.05, 3.63) is 11.6 Å². The van der Waals surface area contributed by atoms with E-state index in [0.29, 0.717) is 6.42 Å². The summed E-state index contributed by atoms with van der Waals surface area (Å²) >= 11 is 4.83. The van der Waals surface area contributed by atoms with Gasteiger partial charge in [0.15, 0.2) is 5.11 Å². The van der Waals surface area contributed by atoms with Crippen molar-refractivity contribution >= 4 is 58.7 Å². The van der Waals surface area contributed by atoms with Gasteiger partial charge in [-0.25, -0.2) is 0 Å². The normalized spacial score (nSPS) is 22.5. The monoisotopic (exact) mass is 275 g/mol. The summed E-state index contributed by atoms with van der Waals surface area (Å²) in [6, 6.07) is 0. The molecule has 0 bridgehead atoms. The van der Waals surface area contributed by atoms with Gasteiger partial charge in [-0.05, 0) is 49.9 Å². The minimum Gasteiger partial charge on any atom is -0.302 e. The zero-order valence-electron chi connectivity index (χ0n) is 10.8. The van der Waals surface area contributed by atoms with Crippen molar-refractivity contribution in [1.29, 1.82) is 0 Å². The Bertz CT molecular complexity index is 400. The molecule has 1 fully saturated rings. The predicted octanol–water partition coefficient (Wildman–Crippen LogP) is 1.03. The molecule has 1 radical (unpaired) electrons. The Kier molecular flexibility index (Phi) is 5.52. The Morgan fingerprint density at radius 2 is 1.89 bits per heavy atom. The number of thiocarbonyl (C=S) groups is 1. The molecule has 2 aliphatic rings. The molecule has 6 heteroatoms. The number of hydrogen-bond acceptors (Lipinski definition) is 3. The Morgan fingerprint density at radius 1 is 1.28 bits per heavy atom. The number of hydrogen-bond donors (Lipinski definition) is 2. The third-order valence-electron chi connectivity index (χ3n) is 3.60. The van der Waals surface area contributed by atoms with Crippen molar-refractivity contribution in [2.24, 2.45) is 5.41 Å². The van der Waals surface area contributed by atoms with Crippen LogP contribution in [0.4, 0.5) is 0 Å². The van der Waals surface area contributed by atoms with Gasteiger partial charge in [-0.1, -0.05) is 13.0 Å². The summed E-state index contributed by atoms with van der Waals surface area (Å²) in [5.74, 6) is -0.552. The van der Waals surface area contributed by atoms with Gasteiger partial charge in [0.2, 0.25) is 11.8 Å². The molecule has 93 valence electrons. The van der Waals surface area contributed by atoms with E-state index in [9.17, 15) is 9.59 Å². The van der Waals surface area contributed by atoms with E-state index in [2.05, 4.69) is 10.6 Å². The van der Waals surface area contributed by atoms with Crippen LogP contribution in [0.1, 0.15) is 39.0 Å². The fraction of sp³-hybridized carbons (Fsp3) is 0.583. The van der Waals surface area contributed by atoms with E-state index in [0.717, 1.165) is 31.3 Å². The van der Waals surface area contributed by atoms with Crippen LogP contribution in [-0.2, 0) is 9.59 Å². The van der Waals surface area contributed by atoms with Crippen molar-refractivity contribution < 1.29 is 9.59 Å². The number of amides is 2. The first kappa shape index (κ1) is 15.8.